The number of hydrogen-bond acceptors (Lipinski definition) is 7. The third kappa shape index (κ3) is 6.09. The molecule has 0 spiro atoms. The number of nitrogens with one attached hydrogen (secondary N) is 3. The van der Waals surface area contributed by atoms with Crippen LogP contribution >= 0.6 is 11.6 Å². The first-order valence-corrected chi connectivity index (χ1v) is 12.1. The van der Waals surface area contributed by atoms with Crippen LogP contribution in [0.3, 0.4) is 0 Å². The number of benzene rings is 2. The van der Waals surface area contributed by atoms with Crippen LogP contribution in [0.4, 0.5) is 23.0 Å². The molecule has 170 valence electrons. The maximum atomic E-state index is 12.3. The van der Waals surface area contributed by atoms with E-state index < -0.39 is 10.0 Å². The van der Waals surface area contributed by atoms with Crippen molar-refractivity contribution in [2.75, 3.05) is 17.7 Å². The standard InChI is InChI=1S/C22H26ClN5O3S/c1-4-17(5-2)31-20-11-10-18(32(29,30)24-3)12-19(20)28-22-13-21(25-14-26-22)27-16-8-6-15(23)7-9-16/h6-14,17,24H,4-5H2,1-3H3,(H2,25,26,27,28). The number of anilines is 4. The van der Waals surface area contributed by atoms with Gasteiger partial charge < -0.3 is 15.4 Å². The van der Waals surface area contributed by atoms with E-state index in [1.807, 2.05) is 26.0 Å². The van der Waals surface area contributed by atoms with E-state index in [9.17, 15) is 8.42 Å². The number of halogens is 1. The van der Waals surface area contributed by atoms with Gasteiger partial charge in [0.1, 0.15) is 23.7 Å². The Balaban J connectivity index is 1.91. The molecule has 2 aromatic carbocycles. The van der Waals surface area contributed by atoms with Crippen LogP contribution in [0.25, 0.3) is 0 Å². The Kier molecular flexibility index (Phi) is 7.89. The van der Waals surface area contributed by atoms with Gasteiger partial charge in [-0.3, -0.25) is 0 Å². The quantitative estimate of drug-likeness (QED) is 0.375. The highest BCUT2D eigenvalue weighted by Crippen LogP contribution is 2.32. The van der Waals surface area contributed by atoms with E-state index in [0.29, 0.717) is 28.1 Å². The van der Waals surface area contributed by atoms with Gasteiger partial charge in [0.05, 0.1) is 16.7 Å². The maximum Gasteiger partial charge on any atom is 0.240 e. The molecule has 1 aromatic heterocycles. The molecule has 32 heavy (non-hydrogen) atoms. The molecular weight excluding hydrogens is 450 g/mol. The van der Waals surface area contributed by atoms with E-state index in [4.69, 9.17) is 16.3 Å². The van der Waals surface area contributed by atoms with Crippen LogP contribution in [0.1, 0.15) is 26.7 Å². The lowest BCUT2D eigenvalue weighted by Crippen LogP contribution is -2.19. The van der Waals surface area contributed by atoms with Gasteiger partial charge in [0.25, 0.3) is 0 Å². The molecule has 0 bridgehead atoms. The largest absolute Gasteiger partial charge is 0.488 e. The molecule has 0 saturated heterocycles. The number of ether oxygens (including phenoxy) is 1. The predicted octanol–water partition coefficient (Wildman–Crippen LogP) is 5.09. The van der Waals surface area contributed by atoms with Gasteiger partial charge in [0.2, 0.25) is 10.0 Å². The first kappa shape index (κ1) is 23.8. The van der Waals surface area contributed by atoms with Crippen molar-refractivity contribution in [1.29, 1.82) is 0 Å². The average Bonchev–Trinajstić information content (AvgIpc) is 2.80. The summed E-state index contributed by atoms with van der Waals surface area (Å²) >= 11 is 5.93. The van der Waals surface area contributed by atoms with Crippen molar-refractivity contribution in [3.8, 4) is 5.75 Å². The molecule has 0 unspecified atom stereocenters. The first-order chi connectivity index (χ1) is 15.3. The van der Waals surface area contributed by atoms with Gasteiger partial charge in [0.15, 0.2) is 0 Å². The van der Waals surface area contributed by atoms with E-state index in [1.165, 1.54) is 25.5 Å². The van der Waals surface area contributed by atoms with Crippen LogP contribution in [0.5, 0.6) is 5.75 Å². The van der Waals surface area contributed by atoms with E-state index in [1.54, 1.807) is 24.3 Å². The second-order valence-electron chi connectivity index (χ2n) is 6.97. The van der Waals surface area contributed by atoms with Crippen LogP contribution in [0.15, 0.2) is 59.8 Å². The highest BCUT2D eigenvalue weighted by molar-refractivity contribution is 7.89. The monoisotopic (exact) mass is 475 g/mol. The summed E-state index contributed by atoms with van der Waals surface area (Å²) in [5, 5.41) is 6.99. The Bertz CT molecular complexity index is 1150. The highest BCUT2D eigenvalue weighted by atomic mass is 35.5. The van der Waals surface area contributed by atoms with Crippen molar-refractivity contribution in [3.05, 3.63) is 59.9 Å². The lowest BCUT2D eigenvalue weighted by atomic mass is 10.2. The Hall–Kier alpha value is -2.88. The van der Waals surface area contributed by atoms with Crippen molar-refractivity contribution >= 4 is 44.6 Å². The zero-order valence-electron chi connectivity index (χ0n) is 18.1. The Morgan fingerprint density at radius 2 is 1.62 bits per heavy atom. The molecular formula is C22H26ClN5O3S. The molecule has 3 aromatic rings. The van der Waals surface area contributed by atoms with Crippen LogP contribution in [0, 0.1) is 0 Å². The van der Waals surface area contributed by atoms with Gasteiger partial charge in [-0.1, -0.05) is 25.4 Å². The summed E-state index contributed by atoms with van der Waals surface area (Å²) in [6.45, 7) is 4.08. The minimum Gasteiger partial charge on any atom is -0.488 e. The van der Waals surface area contributed by atoms with Crippen LogP contribution in [-0.2, 0) is 10.0 Å². The summed E-state index contributed by atoms with van der Waals surface area (Å²) in [6, 6.07) is 13.6. The van der Waals surface area contributed by atoms with Crippen molar-refractivity contribution in [2.24, 2.45) is 0 Å². The molecule has 0 aliphatic rings. The third-order valence-electron chi connectivity index (χ3n) is 4.78. The van der Waals surface area contributed by atoms with Crippen LogP contribution in [-0.4, -0.2) is 31.5 Å². The fourth-order valence-corrected chi connectivity index (χ4v) is 3.82. The highest BCUT2D eigenvalue weighted by Gasteiger charge is 2.17. The van der Waals surface area contributed by atoms with Crippen molar-refractivity contribution in [3.63, 3.8) is 0 Å². The normalized spacial score (nSPS) is 11.4. The number of rotatable bonds is 10. The molecule has 0 aliphatic heterocycles. The van der Waals surface area contributed by atoms with Crippen LogP contribution < -0.4 is 20.1 Å². The number of sulfonamides is 1. The summed E-state index contributed by atoms with van der Waals surface area (Å²) in [5.74, 6) is 1.58. The topological polar surface area (TPSA) is 105 Å². The molecule has 10 heteroatoms. The molecule has 3 rings (SSSR count). The van der Waals surface area contributed by atoms with E-state index in [2.05, 4.69) is 25.3 Å². The van der Waals surface area contributed by atoms with Crippen molar-refractivity contribution in [1.82, 2.24) is 14.7 Å². The first-order valence-electron chi connectivity index (χ1n) is 10.2. The lowest BCUT2D eigenvalue weighted by Gasteiger charge is -2.20. The molecule has 0 aliphatic carbocycles. The Morgan fingerprint density at radius 1 is 0.969 bits per heavy atom. The second-order valence-corrected chi connectivity index (χ2v) is 9.29. The van der Waals surface area contributed by atoms with E-state index in [-0.39, 0.29) is 11.0 Å². The van der Waals surface area contributed by atoms with Gasteiger partial charge in [-0.2, -0.15) is 0 Å². The minimum atomic E-state index is -3.62. The average molecular weight is 476 g/mol. The SMILES string of the molecule is CCC(CC)Oc1ccc(S(=O)(=O)NC)cc1Nc1cc(Nc2ccc(Cl)cc2)ncn1. The number of hydrogen-bond donors (Lipinski definition) is 3. The van der Waals surface area contributed by atoms with E-state index in [0.717, 1.165) is 18.5 Å². The molecule has 0 fully saturated rings. The summed E-state index contributed by atoms with van der Waals surface area (Å²) < 4.78 is 33.1. The summed E-state index contributed by atoms with van der Waals surface area (Å²) in [4.78, 5) is 8.61. The number of nitrogens with zero attached hydrogens (tertiary/aromatic N) is 2. The molecule has 3 N–H and O–H groups in total. The lowest BCUT2D eigenvalue weighted by molar-refractivity contribution is 0.194. The summed E-state index contributed by atoms with van der Waals surface area (Å²) in [6.07, 6.45) is 3.08. The summed E-state index contributed by atoms with van der Waals surface area (Å²) in [7, 11) is -2.25. The van der Waals surface area contributed by atoms with Gasteiger partial charge in [-0.25, -0.2) is 23.1 Å². The third-order valence-corrected chi connectivity index (χ3v) is 6.44. The van der Waals surface area contributed by atoms with Crippen molar-refractivity contribution < 1.29 is 13.2 Å². The minimum absolute atomic E-state index is 0.00911. The van der Waals surface area contributed by atoms with Gasteiger partial charge in [-0.05, 0) is 62.4 Å². The molecule has 8 nitrogen and oxygen atoms in total. The van der Waals surface area contributed by atoms with Crippen LogP contribution in [0.2, 0.25) is 5.02 Å². The number of aromatic nitrogens is 2. The Labute approximate surface area is 193 Å². The maximum absolute atomic E-state index is 12.3. The molecule has 1 heterocycles. The molecule has 0 atom stereocenters. The van der Waals surface area contributed by atoms with Gasteiger partial charge >= 0.3 is 0 Å². The van der Waals surface area contributed by atoms with E-state index >= 15 is 0 Å². The molecule has 0 saturated carbocycles. The zero-order chi connectivity index (χ0) is 23.1. The fourth-order valence-electron chi connectivity index (χ4n) is 2.94. The zero-order valence-corrected chi connectivity index (χ0v) is 19.7. The van der Waals surface area contributed by atoms with Gasteiger partial charge in [0, 0.05) is 16.8 Å². The second kappa shape index (κ2) is 10.6. The summed E-state index contributed by atoms with van der Waals surface area (Å²) in [5.41, 5.74) is 1.31. The predicted molar refractivity (Wildman–Crippen MR) is 128 cm³/mol. The van der Waals surface area contributed by atoms with Crippen molar-refractivity contribution in [2.45, 2.75) is 37.7 Å². The molecule has 0 amide bonds. The Morgan fingerprint density at radius 3 is 2.25 bits per heavy atom. The molecule has 0 radical (unpaired) electrons. The fraction of sp³-hybridized carbons (Fsp3) is 0.273. The smallest absolute Gasteiger partial charge is 0.240 e. The van der Waals surface area contributed by atoms with Gasteiger partial charge in [-0.15, -0.1) is 0 Å².